The molecule has 3 rings (SSSR count). The molecular formula is C19H21N5O3. The fourth-order valence-corrected chi connectivity index (χ4v) is 2.52. The quantitative estimate of drug-likeness (QED) is 0.627. The van der Waals surface area contributed by atoms with Crippen molar-refractivity contribution in [3.05, 3.63) is 54.2 Å². The summed E-state index contributed by atoms with van der Waals surface area (Å²) in [6, 6.07) is 13.2. The molecule has 0 amide bonds. The standard InChI is InChI=1S/C19H21N5O3/c1-25-15-7-5-4-6-13(15)11-20-18-12-21-24-19(23-18)22-14-8-9-16(26-2)17(10-14)27-3/h4-10,12H,11H2,1-3H3,(H2,20,22,23,24). The molecule has 0 saturated heterocycles. The summed E-state index contributed by atoms with van der Waals surface area (Å²) in [7, 11) is 4.83. The number of hydrogen-bond donors (Lipinski definition) is 2. The van der Waals surface area contributed by atoms with Gasteiger partial charge in [-0.2, -0.15) is 10.1 Å². The lowest BCUT2D eigenvalue weighted by molar-refractivity contribution is 0.355. The Labute approximate surface area is 157 Å². The van der Waals surface area contributed by atoms with Gasteiger partial charge in [0.2, 0.25) is 5.95 Å². The van der Waals surface area contributed by atoms with E-state index in [0.29, 0.717) is 29.8 Å². The number of methoxy groups -OCH3 is 3. The maximum atomic E-state index is 5.35. The van der Waals surface area contributed by atoms with Crippen molar-refractivity contribution in [1.29, 1.82) is 0 Å². The van der Waals surface area contributed by atoms with Crippen molar-refractivity contribution < 1.29 is 14.2 Å². The third kappa shape index (κ3) is 4.55. The molecule has 1 aromatic heterocycles. The van der Waals surface area contributed by atoms with Gasteiger partial charge in [-0.1, -0.05) is 18.2 Å². The van der Waals surface area contributed by atoms with Gasteiger partial charge in [-0.15, -0.1) is 5.10 Å². The number of benzene rings is 2. The van der Waals surface area contributed by atoms with Crippen LogP contribution in [0.15, 0.2) is 48.7 Å². The Morgan fingerprint density at radius 2 is 1.67 bits per heavy atom. The molecule has 27 heavy (non-hydrogen) atoms. The number of nitrogens with one attached hydrogen (secondary N) is 2. The highest BCUT2D eigenvalue weighted by Crippen LogP contribution is 2.30. The number of ether oxygens (including phenoxy) is 3. The average Bonchev–Trinajstić information content (AvgIpc) is 2.72. The predicted molar refractivity (Wildman–Crippen MR) is 103 cm³/mol. The molecule has 0 fully saturated rings. The van der Waals surface area contributed by atoms with Crippen molar-refractivity contribution in [2.45, 2.75) is 6.54 Å². The molecule has 0 spiro atoms. The molecule has 3 aromatic rings. The molecule has 0 bridgehead atoms. The van der Waals surface area contributed by atoms with Crippen LogP contribution in [0.5, 0.6) is 17.2 Å². The van der Waals surface area contributed by atoms with Crippen molar-refractivity contribution >= 4 is 17.5 Å². The number of anilines is 3. The van der Waals surface area contributed by atoms with E-state index in [1.807, 2.05) is 30.3 Å². The maximum Gasteiger partial charge on any atom is 0.249 e. The van der Waals surface area contributed by atoms with Crippen molar-refractivity contribution in [2.24, 2.45) is 0 Å². The van der Waals surface area contributed by atoms with Gasteiger partial charge in [0.1, 0.15) is 5.75 Å². The molecule has 0 aliphatic carbocycles. The van der Waals surface area contributed by atoms with Gasteiger partial charge in [0.25, 0.3) is 0 Å². The first-order chi connectivity index (χ1) is 13.2. The normalized spacial score (nSPS) is 10.2. The fraction of sp³-hybridized carbons (Fsp3) is 0.211. The third-order valence-corrected chi connectivity index (χ3v) is 3.85. The molecule has 2 N–H and O–H groups in total. The molecule has 0 atom stereocenters. The van der Waals surface area contributed by atoms with E-state index < -0.39 is 0 Å². The van der Waals surface area contributed by atoms with Crippen LogP contribution >= 0.6 is 0 Å². The Morgan fingerprint density at radius 3 is 2.44 bits per heavy atom. The predicted octanol–water partition coefficient (Wildman–Crippen LogP) is 3.25. The van der Waals surface area contributed by atoms with Crippen LogP contribution in [-0.4, -0.2) is 36.5 Å². The Morgan fingerprint density at radius 1 is 0.889 bits per heavy atom. The van der Waals surface area contributed by atoms with Gasteiger partial charge in [-0.25, -0.2) is 0 Å². The summed E-state index contributed by atoms with van der Waals surface area (Å²) < 4.78 is 15.9. The number of nitrogens with zero attached hydrogens (tertiary/aromatic N) is 3. The number of aromatic nitrogens is 3. The molecule has 2 aromatic carbocycles. The van der Waals surface area contributed by atoms with Gasteiger partial charge >= 0.3 is 0 Å². The molecular weight excluding hydrogens is 346 g/mol. The summed E-state index contributed by atoms with van der Waals surface area (Å²) >= 11 is 0. The van der Waals surface area contributed by atoms with E-state index in [2.05, 4.69) is 25.8 Å². The highest BCUT2D eigenvalue weighted by Gasteiger charge is 2.07. The third-order valence-electron chi connectivity index (χ3n) is 3.85. The van der Waals surface area contributed by atoms with Gasteiger partial charge in [0, 0.05) is 23.9 Å². The summed E-state index contributed by atoms with van der Waals surface area (Å²) in [6.45, 7) is 0.554. The largest absolute Gasteiger partial charge is 0.496 e. The van der Waals surface area contributed by atoms with Crippen molar-refractivity contribution in [3.8, 4) is 17.2 Å². The SMILES string of the molecule is COc1ccccc1CNc1cnnc(Nc2ccc(OC)c(OC)c2)n1. The molecule has 140 valence electrons. The van der Waals surface area contributed by atoms with Gasteiger partial charge in [-0.3, -0.25) is 0 Å². The van der Waals surface area contributed by atoms with Crippen LogP contribution in [-0.2, 0) is 6.54 Å². The zero-order valence-corrected chi connectivity index (χ0v) is 15.4. The second-order valence-corrected chi connectivity index (χ2v) is 5.53. The average molecular weight is 367 g/mol. The second-order valence-electron chi connectivity index (χ2n) is 5.53. The van der Waals surface area contributed by atoms with Gasteiger partial charge < -0.3 is 24.8 Å². The molecule has 0 aliphatic heterocycles. The fourth-order valence-electron chi connectivity index (χ4n) is 2.52. The number of rotatable bonds is 8. The van der Waals surface area contributed by atoms with E-state index in [9.17, 15) is 0 Å². The lowest BCUT2D eigenvalue weighted by Crippen LogP contribution is -2.06. The van der Waals surface area contributed by atoms with Crippen molar-refractivity contribution in [2.75, 3.05) is 32.0 Å². The monoisotopic (exact) mass is 367 g/mol. The van der Waals surface area contributed by atoms with E-state index in [4.69, 9.17) is 14.2 Å². The van der Waals surface area contributed by atoms with Crippen molar-refractivity contribution in [3.63, 3.8) is 0 Å². The molecule has 8 heteroatoms. The minimum atomic E-state index is 0.368. The minimum absolute atomic E-state index is 0.368. The van der Waals surface area contributed by atoms with Crippen molar-refractivity contribution in [1.82, 2.24) is 15.2 Å². The van der Waals surface area contributed by atoms with E-state index in [1.165, 1.54) is 0 Å². The molecule has 0 unspecified atom stereocenters. The summed E-state index contributed by atoms with van der Waals surface area (Å²) in [5, 5.41) is 14.3. The summed E-state index contributed by atoms with van der Waals surface area (Å²) in [6.07, 6.45) is 1.56. The van der Waals surface area contributed by atoms with Crippen LogP contribution in [0, 0.1) is 0 Å². The first kappa shape index (κ1) is 18.2. The first-order valence-corrected chi connectivity index (χ1v) is 8.28. The van der Waals surface area contributed by atoms with Crippen LogP contribution in [0.2, 0.25) is 0 Å². The highest BCUT2D eigenvalue weighted by molar-refractivity contribution is 5.60. The Kier molecular flexibility index (Phi) is 5.88. The first-order valence-electron chi connectivity index (χ1n) is 8.28. The number of para-hydroxylation sites is 1. The summed E-state index contributed by atoms with van der Waals surface area (Å²) in [5.41, 5.74) is 1.78. The topological polar surface area (TPSA) is 90.4 Å². The van der Waals surface area contributed by atoms with Gasteiger partial charge in [-0.05, 0) is 18.2 Å². The zero-order valence-electron chi connectivity index (χ0n) is 15.4. The highest BCUT2D eigenvalue weighted by atomic mass is 16.5. The second kappa shape index (κ2) is 8.70. The minimum Gasteiger partial charge on any atom is -0.496 e. The summed E-state index contributed by atoms with van der Waals surface area (Å²) in [4.78, 5) is 4.43. The molecule has 0 aliphatic rings. The van der Waals surface area contributed by atoms with E-state index in [1.54, 1.807) is 39.7 Å². The zero-order chi connectivity index (χ0) is 19.1. The Bertz CT molecular complexity index is 904. The van der Waals surface area contributed by atoms with Gasteiger partial charge in [0.15, 0.2) is 17.3 Å². The van der Waals surface area contributed by atoms with Crippen LogP contribution in [0.25, 0.3) is 0 Å². The van der Waals surface area contributed by atoms with E-state index in [0.717, 1.165) is 17.0 Å². The lowest BCUT2D eigenvalue weighted by atomic mass is 10.2. The van der Waals surface area contributed by atoms with Crippen LogP contribution in [0.4, 0.5) is 17.5 Å². The number of hydrogen-bond acceptors (Lipinski definition) is 8. The Balaban J connectivity index is 1.70. The maximum absolute atomic E-state index is 5.35. The van der Waals surface area contributed by atoms with Crippen LogP contribution in [0.3, 0.4) is 0 Å². The molecule has 8 nitrogen and oxygen atoms in total. The lowest BCUT2D eigenvalue weighted by Gasteiger charge is -2.11. The van der Waals surface area contributed by atoms with Gasteiger partial charge in [0.05, 0.1) is 27.5 Å². The summed E-state index contributed by atoms with van der Waals surface area (Å²) in [5.74, 6) is 3.04. The molecule has 0 radical (unpaired) electrons. The van der Waals surface area contributed by atoms with E-state index in [-0.39, 0.29) is 0 Å². The smallest absolute Gasteiger partial charge is 0.249 e. The molecule has 0 saturated carbocycles. The van der Waals surface area contributed by atoms with E-state index >= 15 is 0 Å². The van der Waals surface area contributed by atoms with Crippen LogP contribution in [0.1, 0.15) is 5.56 Å². The Hall–Kier alpha value is -3.55. The van der Waals surface area contributed by atoms with Crippen LogP contribution < -0.4 is 24.8 Å². The molecule has 1 heterocycles.